The van der Waals surface area contributed by atoms with E-state index in [9.17, 15) is 9.18 Å². The molecule has 1 aromatic carbocycles. The van der Waals surface area contributed by atoms with E-state index in [2.05, 4.69) is 21.2 Å². The summed E-state index contributed by atoms with van der Waals surface area (Å²) >= 11 is 3.30. The van der Waals surface area contributed by atoms with Gasteiger partial charge in [-0.15, -0.1) is 0 Å². The van der Waals surface area contributed by atoms with E-state index >= 15 is 0 Å². The average molecular weight is 328 g/mol. The Balaban J connectivity index is 1.81. The van der Waals surface area contributed by atoms with E-state index in [1.807, 2.05) is 0 Å². The van der Waals surface area contributed by atoms with E-state index in [1.54, 1.807) is 12.1 Å². The number of benzene rings is 1. The molecule has 1 atom stereocenters. The maximum Gasteiger partial charge on any atom is 0.137 e. The van der Waals surface area contributed by atoms with Gasteiger partial charge in [0.25, 0.3) is 0 Å². The van der Waals surface area contributed by atoms with Gasteiger partial charge in [0.1, 0.15) is 11.6 Å². The minimum Gasteiger partial charge on any atom is -0.314 e. The number of hydrogen-bond donors (Lipinski definition) is 1. The molecule has 1 saturated heterocycles. The van der Waals surface area contributed by atoms with Gasteiger partial charge in [-0.25, -0.2) is 4.39 Å². The Kier molecular flexibility index (Phi) is 5.52. The molecule has 1 unspecified atom stereocenters. The van der Waals surface area contributed by atoms with Crippen LogP contribution >= 0.6 is 15.9 Å². The predicted octanol–water partition coefficient (Wildman–Crippen LogP) is 3.62. The third-order valence-corrected chi connectivity index (χ3v) is 4.07. The van der Waals surface area contributed by atoms with Gasteiger partial charge in [0, 0.05) is 23.4 Å². The highest BCUT2D eigenvalue weighted by atomic mass is 79.9. The normalized spacial score (nSPS) is 19.4. The standard InChI is InChI=1S/C15H19BrFNO/c16-12-4-7-15(17)11(9-12)10-14(19)6-5-13-3-1-2-8-18-13/h4,7,9,13,18H,1-3,5-6,8,10H2. The fourth-order valence-electron chi connectivity index (χ4n) is 2.49. The van der Waals surface area contributed by atoms with Gasteiger partial charge in [-0.2, -0.15) is 0 Å². The molecule has 1 aromatic rings. The zero-order chi connectivity index (χ0) is 13.7. The molecular formula is C15H19BrFNO. The second-order valence-electron chi connectivity index (χ2n) is 5.14. The fraction of sp³-hybridized carbons (Fsp3) is 0.533. The van der Waals surface area contributed by atoms with Crippen LogP contribution < -0.4 is 5.32 Å². The van der Waals surface area contributed by atoms with Crippen LogP contribution in [0, 0.1) is 5.82 Å². The summed E-state index contributed by atoms with van der Waals surface area (Å²) in [6, 6.07) is 5.20. The van der Waals surface area contributed by atoms with Crippen molar-refractivity contribution in [2.45, 2.75) is 44.6 Å². The zero-order valence-corrected chi connectivity index (χ0v) is 12.5. The second kappa shape index (κ2) is 7.15. The van der Waals surface area contributed by atoms with E-state index < -0.39 is 0 Å². The van der Waals surface area contributed by atoms with Crippen LogP contribution in [0.3, 0.4) is 0 Å². The van der Waals surface area contributed by atoms with Crippen LogP contribution in [0.15, 0.2) is 22.7 Å². The van der Waals surface area contributed by atoms with Gasteiger partial charge in [0.05, 0.1) is 0 Å². The number of nitrogens with one attached hydrogen (secondary N) is 1. The van der Waals surface area contributed by atoms with E-state index in [-0.39, 0.29) is 18.0 Å². The Morgan fingerprint density at radius 1 is 1.42 bits per heavy atom. The highest BCUT2D eigenvalue weighted by Gasteiger charge is 2.15. The molecule has 0 aliphatic carbocycles. The molecule has 0 bridgehead atoms. The van der Waals surface area contributed by atoms with Crippen molar-refractivity contribution in [1.29, 1.82) is 0 Å². The van der Waals surface area contributed by atoms with Crippen LogP contribution in [0.25, 0.3) is 0 Å². The van der Waals surface area contributed by atoms with Crippen LogP contribution in [0.2, 0.25) is 0 Å². The summed E-state index contributed by atoms with van der Waals surface area (Å²) in [5.41, 5.74) is 0.482. The summed E-state index contributed by atoms with van der Waals surface area (Å²) in [7, 11) is 0. The number of Topliss-reactive ketones (excluding diaryl/α,β-unsaturated/α-hetero) is 1. The predicted molar refractivity (Wildman–Crippen MR) is 77.7 cm³/mol. The third-order valence-electron chi connectivity index (χ3n) is 3.58. The molecule has 1 aliphatic rings. The number of carbonyl (C=O) groups excluding carboxylic acids is 1. The molecule has 0 spiro atoms. The van der Waals surface area contributed by atoms with Crippen molar-refractivity contribution in [2.24, 2.45) is 0 Å². The van der Waals surface area contributed by atoms with Crippen LogP contribution in [-0.4, -0.2) is 18.4 Å². The molecule has 1 heterocycles. The second-order valence-corrected chi connectivity index (χ2v) is 6.05. The number of ketones is 1. The first-order chi connectivity index (χ1) is 9.15. The topological polar surface area (TPSA) is 29.1 Å². The lowest BCUT2D eigenvalue weighted by Crippen LogP contribution is -2.34. The van der Waals surface area contributed by atoms with Crippen LogP contribution in [0.1, 0.15) is 37.7 Å². The summed E-state index contributed by atoms with van der Waals surface area (Å²) < 4.78 is 14.4. The van der Waals surface area contributed by atoms with Crippen molar-refractivity contribution < 1.29 is 9.18 Å². The highest BCUT2D eigenvalue weighted by molar-refractivity contribution is 9.10. The van der Waals surface area contributed by atoms with E-state index in [0.29, 0.717) is 18.0 Å². The van der Waals surface area contributed by atoms with Crippen LogP contribution in [-0.2, 0) is 11.2 Å². The van der Waals surface area contributed by atoms with Gasteiger partial charge in [-0.1, -0.05) is 22.4 Å². The minimum atomic E-state index is -0.299. The summed E-state index contributed by atoms with van der Waals surface area (Å²) in [6.45, 7) is 1.05. The first-order valence-corrected chi connectivity index (χ1v) is 7.63. The average Bonchev–Trinajstić information content (AvgIpc) is 2.42. The number of hydrogen-bond acceptors (Lipinski definition) is 2. The van der Waals surface area contributed by atoms with Crippen molar-refractivity contribution in [1.82, 2.24) is 5.32 Å². The SMILES string of the molecule is O=C(CCC1CCCCN1)Cc1cc(Br)ccc1F. The lowest BCUT2D eigenvalue weighted by Gasteiger charge is -2.22. The highest BCUT2D eigenvalue weighted by Crippen LogP contribution is 2.18. The molecule has 104 valence electrons. The molecule has 19 heavy (non-hydrogen) atoms. The van der Waals surface area contributed by atoms with Gasteiger partial charge >= 0.3 is 0 Å². The van der Waals surface area contributed by atoms with Crippen molar-refractivity contribution in [3.63, 3.8) is 0 Å². The van der Waals surface area contributed by atoms with E-state index in [0.717, 1.165) is 23.9 Å². The Labute approximate surface area is 121 Å². The number of halogens is 2. The maximum absolute atomic E-state index is 13.5. The lowest BCUT2D eigenvalue weighted by molar-refractivity contribution is -0.118. The number of piperidine rings is 1. The first-order valence-electron chi connectivity index (χ1n) is 6.84. The van der Waals surface area contributed by atoms with Crippen molar-refractivity contribution >= 4 is 21.7 Å². The third kappa shape index (κ3) is 4.69. The molecule has 0 radical (unpaired) electrons. The zero-order valence-electron chi connectivity index (χ0n) is 10.9. The smallest absolute Gasteiger partial charge is 0.137 e. The molecule has 0 aromatic heterocycles. The molecule has 1 N–H and O–H groups in total. The molecule has 1 aliphatic heterocycles. The lowest BCUT2D eigenvalue weighted by atomic mass is 9.97. The summed E-state index contributed by atoms with van der Waals surface area (Å²) in [5.74, 6) is -0.184. The Morgan fingerprint density at radius 2 is 2.26 bits per heavy atom. The minimum absolute atomic E-state index is 0.115. The Morgan fingerprint density at radius 3 is 3.00 bits per heavy atom. The van der Waals surface area contributed by atoms with Crippen molar-refractivity contribution in [3.05, 3.63) is 34.1 Å². The summed E-state index contributed by atoms with van der Waals surface area (Å²) in [5, 5.41) is 3.43. The number of rotatable bonds is 5. The monoisotopic (exact) mass is 327 g/mol. The van der Waals surface area contributed by atoms with Gasteiger partial charge < -0.3 is 5.32 Å². The largest absolute Gasteiger partial charge is 0.314 e. The quantitative estimate of drug-likeness (QED) is 0.894. The van der Waals surface area contributed by atoms with Gasteiger partial charge in [-0.05, 0) is 49.6 Å². The van der Waals surface area contributed by atoms with Gasteiger partial charge in [-0.3, -0.25) is 4.79 Å². The molecule has 0 amide bonds. The van der Waals surface area contributed by atoms with Gasteiger partial charge in [0.15, 0.2) is 0 Å². The van der Waals surface area contributed by atoms with Crippen LogP contribution in [0.5, 0.6) is 0 Å². The first kappa shape index (κ1) is 14.7. The Hall–Kier alpha value is -0.740. The number of carbonyl (C=O) groups is 1. The summed E-state index contributed by atoms with van der Waals surface area (Å²) in [4.78, 5) is 11.9. The molecule has 4 heteroatoms. The van der Waals surface area contributed by atoms with Crippen LogP contribution in [0.4, 0.5) is 4.39 Å². The molecular weight excluding hydrogens is 309 g/mol. The fourth-order valence-corrected chi connectivity index (χ4v) is 2.89. The van der Waals surface area contributed by atoms with Gasteiger partial charge in [0.2, 0.25) is 0 Å². The molecule has 2 nitrogen and oxygen atoms in total. The van der Waals surface area contributed by atoms with Crippen molar-refractivity contribution in [2.75, 3.05) is 6.54 Å². The molecule has 0 saturated carbocycles. The molecule has 2 rings (SSSR count). The van der Waals surface area contributed by atoms with Crippen molar-refractivity contribution in [3.8, 4) is 0 Å². The molecule has 1 fully saturated rings. The Bertz CT molecular complexity index is 444. The maximum atomic E-state index is 13.5. The van der Waals surface area contributed by atoms with E-state index in [1.165, 1.54) is 18.9 Å². The van der Waals surface area contributed by atoms with E-state index in [4.69, 9.17) is 0 Å². The summed E-state index contributed by atoms with van der Waals surface area (Å²) in [6.07, 6.45) is 5.22.